The van der Waals surface area contributed by atoms with E-state index in [9.17, 15) is 4.39 Å². The van der Waals surface area contributed by atoms with Gasteiger partial charge in [-0.15, -0.1) is 0 Å². The molecule has 3 nitrogen and oxygen atoms in total. The van der Waals surface area contributed by atoms with Gasteiger partial charge in [0.2, 0.25) is 0 Å². The van der Waals surface area contributed by atoms with Crippen molar-refractivity contribution in [3.05, 3.63) is 48.3 Å². The smallest absolute Gasteiger partial charge is 0.147 e. The second-order valence-electron chi connectivity index (χ2n) is 4.13. The molecule has 0 fully saturated rings. The molecular weight excluding hydrogens is 217 g/mol. The van der Waals surface area contributed by atoms with E-state index in [0.29, 0.717) is 12.1 Å². The molecule has 0 aliphatic rings. The summed E-state index contributed by atoms with van der Waals surface area (Å²) in [6.07, 6.45) is 6.52. The molecule has 0 amide bonds. The lowest BCUT2D eigenvalue weighted by molar-refractivity contribution is 0.607. The van der Waals surface area contributed by atoms with Crippen LogP contribution in [0.4, 0.5) is 4.39 Å². The first-order valence-corrected chi connectivity index (χ1v) is 5.73. The summed E-state index contributed by atoms with van der Waals surface area (Å²) in [6.45, 7) is 2.03. The number of halogens is 1. The molecule has 1 aromatic heterocycles. The highest BCUT2D eigenvalue weighted by Gasteiger charge is 2.07. The largest absolute Gasteiger partial charge is 0.327 e. The van der Waals surface area contributed by atoms with E-state index in [0.717, 1.165) is 12.0 Å². The second-order valence-corrected chi connectivity index (χ2v) is 4.13. The maximum atomic E-state index is 13.9. The summed E-state index contributed by atoms with van der Waals surface area (Å²) in [5, 5.41) is 0. The van der Waals surface area contributed by atoms with Gasteiger partial charge in [-0.05, 0) is 30.5 Å². The summed E-state index contributed by atoms with van der Waals surface area (Å²) in [5.41, 5.74) is 7.29. The van der Waals surface area contributed by atoms with Crippen LogP contribution in [0.5, 0.6) is 0 Å². The van der Waals surface area contributed by atoms with Crippen molar-refractivity contribution in [2.75, 3.05) is 0 Å². The van der Waals surface area contributed by atoms with E-state index in [1.165, 1.54) is 0 Å². The van der Waals surface area contributed by atoms with Gasteiger partial charge >= 0.3 is 0 Å². The van der Waals surface area contributed by atoms with Crippen LogP contribution in [0.3, 0.4) is 0 Å². The Kier molecular flexibility index (Phi) is 3.54. The first kappa shape index (κ1) is 11.8. The third-order valence-electron chi connectivity index (χ3n) is 2.82. The molecule has 0 saturated heterocycles. The lowest BCUT2D eigenvalue weighted by Gasteiger charge is -2.10. The van der Waals surface area contributed by atoms with E-state index in [1.807, 2.05) is 13.0 Å². The van der Waals surface area contributed by atoms with Crippen LogP contribution in [0, 0.1) is 5.82 Å². The molecule has 2 rings (SSSR count). The number of nitrogens with zero attached hydrogens (tertiary/aromatic N) is 2. The summed E-state index contributed by atoms with van der Waals surface area (Å²) >= 11 is 0. The molecule has 1 heterocycles. The number of imidazole rings is 1. The van der Waals surface area contributed by atoms with E-state index in [2.05, 4.69) is 4.98 Å². The molecule has 1 atom stereocenters. The zero-order valence-corrected chi connectivity index (χ0v) is 9.81. The van der Waals surface area contributed by atoms with E-state index < -0.39 is 0 Å². The Labute approximate surface area is 100 Å². The first-order valence-electron chi connectivity index (χ1n) is 5.73. The Morgan fingerprint density at radius 2 is 2.29 bits per heavy atom. The average Bonchev–Trinajstić information content (AvgIpc) is 2.82. The van der Waals surface area contributed by atoms with E-state index in [-0.39, 0.29) is 11.9 Å². The van der Waals surface area contributed by atoms with Crippen LogP contribution >= 0.6 is 0 Å². The second kappa shape index (κ2) is 5.10. The Hall–Kier alpha value is -1.68. The molecule has 4 heteroatoms. The van der Waals surface area contributed by atoms with Crippen molar-refractivity contribution in [2.45, 2.75) is 25.8 Å². The number of benzene rings is 1. The minimum Gasteiger partial charge on any atom is -0.327 e. The minimum atomic E-state index is -0.246. The average molecular weight is 233 g/mol. The SMILES string of the molecule is CCC(N)Cc1ccc(-n2ccnc2)c(F)c1. The predicted octanol–water partition coefficient (Wildman–Crippen LogP) is 2.29. The third-order valence-corrected chi connectivity index (χ3v) is 2.82. The van der Waals surface area contributed by atoms with Gasteiger partial charge in [-0.2, -0.15) is 0 Å². The minimum absolute atomic E-state index is 0.0912. The van der Waals surface area contributed by atoms with Gasteiger partial charge in [0.25, 0.3) is 0 Å². The van der Waals surface area contributed by atoms with E-state index in [4.69, 9.17) is 5.73 Å². The van der Waals surface area contributed by atoms with Crippen LogP contribution in [0.15, 0.2) is 36.9 Å². The van der Waals surface area contributed by atoms with Crippen LogP contribution < -0.4 is 5.73 Å². The normalized spacial score (nSPS) is 12.6. The van der Waals surface area contributed by atoms with Gasteiger partial charge in [0.1, 0.15) is 5.82 Å². The van der Waals surface area contributed by atoms with Gasteiger partial charge in [-0.3, -0.25) is 0 Å². The Bertz CT molecular complexity index is 479. The van der Waals surface area contributed by atoms with Crippen molar-refractivity contribution in [1.29, 1.82) is 0 Å². The van der Waals surface area contributed by atoms with E-state index in [1.54, 1.807) is 35.4 Å². The van der Waals surface area contributed by atoms with Gasteiger partial charge < -0.3 is 10.3 Å². The third kappa shape index (κ3) is 2.71. The highest BCUT2D eigenvalue weighted by Crippen LogP contribution is 2.16. The zero-order valence-electron chi connectivity index (χ0n) is 9.81. The number of aromatic nitrogens is 2. The zero-order chi connectivity index (χ0) is 12.3. The molecule has 0 aliphatic heterocycles. The molecular formula is C13H16FN3. The maximum absolute atomic E-state index is 13.9. The van der Waals surface area contributed by atoms with Crippen LogP contribution in [-0.2, 0) is 6.42 Å². The molecule has 0 aliphatic carbocycles. The topological polar surface area (TPSA) is 43.8 Å². The van der Waals surface area contributed by atoms with Gasteiger partial charge in [0.15, 0.2) is 0 Å². The van der Waals surface area contributed by atoms with Crippen LogP contribution in [0.1, 0.15) is 18.9 Å². The maximum Gasteiger partial charge on any atom is 0.147 e. The molecule has 1 aromatic carbocycles. The molecule has 1 unspecified atom stereocenters. The molecule has 0 bridgehead atoms. The number of hydrogen-bond donors (Lipinski definition) is 1. The summed E-state index contributed by atoms with van der Waals surface area (Å²) in [7, 11) is 0. The molecule has 0 saturated carbocycles. The number of nitrogens with two attached hydrogens (primary N) is 1. The van der Waals surface area contributed by atoms with Gasteiger partial charge in [0, 0.05) is 18.4 Å². The molecule has 2 N–H and O–H groups in total. The first-order chi connectivity index (χ1) is 8.20. The Morgan fingerprint density at radius 1 is 1.47 bits per heavy atom. The van der Waals surface area contributed by atoms with Crippen molar-refractivity contribution >= 4 is 0 Å². The molecule has 0 radical (unpaired) electrons. The van der Waals surface area contributed by atoms with Gasteiger partial charge in [-0.1, -0.05) is 13.0 Å². The standard InChI is InChI=1S/C13H16FN3/c1-2-11(15)7-10-3-4-13(12(14)8-10)17-6-5-16-9-17/h3-6,8-9,11H,2,7,15H2,1H3. The lowest BCUT2D eigenvalue weighted by atomic mass is 10.0. The monoisotopic (exact) mass is 233 g/mol. The predicted molar refractivity (Wildman–Crippen MR) is 65.5 cm³/mol. The summed E-state index contributed by atoms with van der Waals surface area (Å²) in [6, 6.07) is 5.31. The fraction of sp³-hybridized carbons (Fsp3) is 0.308. The Balaban J connectivity index is 2.23. The fourth-order valence-electron chi connectivity index (χ4n) is 1.74. The van der Waals surface area contributed by atoms with Crippen molar-refractivity contribution in [2.24, 2.45) is 5.73 Å². The van der Waals surface area contributed by atoms with Crippen LogP contribution in [-0.4, -0.2) is 15.6 Å². The summed E-state index contributed by atoms with van der Waals surface area (Å²) in [4.78, 5) is 3.90. The van der Waals surface area contributed by atoms with E-state index >= 15 is 0 Å². The summed E-state index contributed by atoms with van der Waals surface area (Å²) < 4.78 is 15.5. The van der Waals surface area contributed by atoms with Crippen molar-refractivity contribution in [3.63, 3.8) is 0 Å². The molecule has 2 aromatic rings. The number of rotatable bonds is 4. The molecule has 90 valence electrons. The Morgan fingerprint density at radius 3 is 2.88 bits per heavy atom. The highest BCUT2D eigenvalue weighted by molar-refractivity contribution is 5.36. The van der Waals surface area contributed by atoms with Gasteiger partial charge in [0.05, 0.1) is 12.0 Å². The lowest BCUT2D eigenvalue weighted by Crippen LogP contribution is -2.21. The van der Waals surface area contributed by atoms with Crippen LogP contribution in [0.2, 0.25) is 0 Å². The highest BCUT2D eigenvalue weighted by atomic mass is 19.1. The number of hydrogen-bond acceptors (Lipinski definition) is 2. The molecule has 17 heavy (non-hydrogen) atoms. The van der Waals surface area contributed by atoms with Crippen molar-refractivity contribution in [1.82, 2.24) is 9.55 Å². The fourth-order valence-corrected chi connectivity index (χ4v) is 1.74. The molecule has 0 spiro atoms. The van der Waals surface area contributed by atoms with Crippen molar-refractivity contribution in [3.8, 4) is 5.69 Å². The quantitative estimate of drug-likeness (QED) is 0.880. The van der Waals surface area contributed by atoms with Crippen LogP contribution in [0.25, 0.3) is 5.69 Å². The van der Waals surface area contributed by atoms with Gasteiger partial charge in [-0.25, -0.2) is 9.37 Å². The summed E-state index contributed by atoms with van der Waals surface area (Å²) in [5.74, 6) is -0.246. The van der Waals surface area contributed by atoms with Crippen molar-refractivity contribution < 1.29 is 4.39 Å².